The fraction of sp³-hybridized carbons (Fsp3) is 0.421. The molecule has 4 rings (SSSR count). The lowest BCUT2D eigenvalue weighted by Gasteiger charge is -2.50. The minimum Gasteiger partial charge on any atom is -0.504 e. The highest BCUT2D eigenvalue weighted by atomic mass is 16.5. The average Bonchev–Trinajstić information content (AvgIpc) is 2.58. The number of nitrogens with one attached hydrogen (secondary N) is 1. The van der Waals surface area contributed by atoms with Gasteiger partial charge in [0.1, 0.15) is 6.04 Å². The molecule has 24 heavy (non-hydrogen) atoms. The monoisotopic (exact) mass is 328 g/mol. The van der Waals surface area contributed by atoms with Crippen LogP contribution in [0, 0.1) is 0 Å². The van der Waals surface area contributed by atoms with E-state index < -0.39 is 5.41 Å². The van der Waals surface area contributed by atoms with Crippen LogP contribution in [-0.4, -0.2) is 44.7 Å². The van der Waals surface area contributed by atoms with Crippen LogP contribution in [0.4, 0.5) is 0 Å². The Morgan fingerprint density at radius 3 is 2.79 bits per heavy atom. The SMILES string of the molecule is COC1=C[C@@]23CC[NH+](C)[C@@H](Cc4ccc(OC)c(O)c42)C3=CC1=O. The number of methoxy groups -OCH3 is 2. The van der Waals surface area contributed by atoms with Crippen molar-refractivity contribution in [2.75, 3.05) is 27.8 Å². The molecule has 0 spiro atoms. The predicted molar refractivity (Wildman–Crippen MR) is 88.4 cm³/mol. The Kier molecular flexibility index (Phi) is 3.25. The number of phenolic OH excluding ortho intramolecular Hbond substituents is 1. The van der Waals surface area contributed by atoms with Gasteiger partial charge in [-0.2, -0.15) is 0 Å². The third-order valence-electron chi connectivity index (χ3n) is 5.84. The van der Waals surface area contributed by atoms with Gasteiger partial charge >= 0.3 is 0 Å². The smallest absolute Gasteiger partial charge is 0.220 e. The molecule has 3 atom stereocenters. The lowest BCUT2D eigenvalue weighted by molar-refractivity contribution is -0.905. The van der Waals surface area contributed by atoms with E-state index >= 15 is 0 Å². The van der Waals surface area contributed by atoms with Gasteiger partial charge in [0.15, 0.2) is 17.3 Å². The van der Waals surface area contributed by atoms with Crippen molar-refractivity contribution < 1.29 is 24.3 Å². The maximum Gasteiger partial charge on any atom is 0.220 e. The molecule has 1 aromatic carbocycles. The average molecular weight is 328 g/mol. The number of likely N-dealkylation sites (N-methyl/N-ethyl adjacent to an activating group) is 1. The summed E-state index contributed by atoms with van der Waals surface area (Å²) in [7, 11) is 5.25. The molecule has 0 saturated carbocycles. The summed E-state index contributed by atoms with van der Waals surface area (Å²) < 4.78 is 10.7. The van der Waals surface area contributed by atoms with Gasteiger partial charge in [0.2, 0.25) is 5.78 Å². The van der Waals surface area contributed by atoms with Gasteiger partial charge in [-0.15, -0.1) is 0 Å². The largest absolute Gasteiger partial charge is 0.504 e. The Balaban J connectivity index is 2.03. The molecule has 5 heteroatoms. The second-order valence-corrected chi connectivity index (χ2v) is 6.90. The first kappa shape index (κ1) is 15.3. The van der Waals surface area contributed by atoms with Crippen molar-refractivity contribution in [3.63, 3.8) is 0 Å². The molecule has 1 heterocycles. The number of phenols is 1. The van der Waals surface area contributed by atoms with E-state index in [2.05, 4.69) is 7.05 Å². The summed E-state index contributed by atoms with van der Waals surface area (Å²) in [6, 6.07) is 4.10. The summed E-state index contributed by atoms with van der Waals surface area (Å²) in [5, 5.41) is 10.9. The zero-order valence-corrected chi connectivity index (χ0v) is 14.2. The maximum atomic E-state index is 12.4. The number of piperidine rings is 1. The lowest BCUT2D eigenvalue weighted by atomic mass is 9.58. The fourth-order valence-electron chi connectivity index (χ4n) is 4.63. The third kappa shape index (κ3) is 1.82. The topological polar surface area (TPSA) is 60.2 Å². The molecule has 3 aliphatic rings. The number of fused-ring (bicyclic) bond motifs is 1. The maximum absolute atomic E-state index is 12.4. The van der Waals surface area contributed by atoms with Gasteiger partial charge in [-0.1, -0.05) is 6.07 Å². The van der Waals surface area contributed by atoms with Crippen LogP contribution in [0.1, 0.15) is 17.5 Å². The molecular formula is C19H22NO4+. The number of benzene rings is 1. The summed E-state index contributed by atoms with van der Waals surface area (Å²) in [6.45, 7) is 0.972. The summed E-state index contributed by atoms with van der Waals surface area (Å²) in [5.74, 6) is 0.914. The fourth-order valence-corrected chi connectivity index (χ4v) is 4.63. The van der Waals surface area contributed by atoms with Crippen LogP contribution in [0.2, 0.25) is 0 Å². The Morgan fingerprint density at radius 2 is 2.08 bits per heavy atom. The second-order valence-electron chi connectivity index (χ2n) is 6.90. The third-order valence-corrected chi connectivity index (χ3v) is 5.84. The number of carbonyl (C=O) groups is 1. The van der Waals surface area contributed by atoms with Gasteiger partial charge in [-0.3, -0.25) is 4.79 Å². The number of likely N-dealkylation sites (tertiary alicyclic amines) is 1. The summed E-state index contributed by atoms with van der Waals surface area (Å²) in [6.07, 6.45) is 5.29. The molecule has 1 saturated heterocycles. The molecule has 1 aromatic rings. The predicted octanol–water partition coefficient (Wildman–Crippen LogP) is 0.521. The van der Waals surface area contributed by atoms with Crippen LogP contribution in [0.5, 0.6) is 11.5 Å². The zero-order valence-electron chi connectivity index (χ0n) is 14.2. The Hall–Kier alpha value is -2.27. The molecule has 0 aromatic heterocycles. The molecule has 2 aliphatic carbocycles. The lowest BCUT2D eigenvalue weighted by Crippen LogP contribution is -3.15. The van der Waals surface area contributed by atoms with Crippen LogP contribution in [-0.2, 0) is 21.4 Å². The molecule has 2 N–H and O–H groups in total. The number of hydrogen-bond acceptors (Lipinski definition) is 4. The normalized spacial score (nSPS) is 30.7. The highest BCUT2D eigenvalue weighted by molar-refractivity contribution is 6.05. The molecule has 126 valence electrons. The zero-order chi connectivity index (χ0) is 17.1. The number of carbonyl (C=O) groups excluding carboxylic acids is 1. The summed E-state index contributed by atoms with van der Waals surface area (Å²) in [5.41, 5.74) is 2.61. The van der Waals surface area contributed by atoms with E-state index in [0.29, 0.717) is 11.5 Å². The van der Waals surface area contributed by atoms with Crippen molar-refractivity contribution >= 4 is 5.78 Å². The van der Waals surface area contributed by atoms with E-state index in [1.165, 1.54) is 12.0 Å². The minimum atomic E-state index is -0.477. The van der Waals surface area contributed by atoms with Crippen LogP contribution in [0.15, 0.2) is 35.6 Å². The number of ether oxygens (including phenoxy) is 2. The van der Waals surface area contributed by atoms with Crippen molar-refractivity contribution in [2.24, 2.45) is 0 Å². The molecule has 1 fully saturated rings. The molecule has 1 aliphatic heterocycles. The van der Waals surface area contributed by atoms with Crippen LogP contribution in [0.25, 0.3) is 0 Å². The van der Waals surface area contributed by atoms with E-state index in [1.54, 1.807) is 13.2 Å². The van der Waals surface area contributed by atoms with E-state index in [-0.39, 0.29) is 17.6 Å². The van der Waals surface area contributed by atoms with Crippen molar-refractivity contribution in [1.82, 2.24) is 0 Å². The molecule has 0 radical (unpaired) electrons. The van der Waals surface area contributed by atoms with E-state index in [0.717, 1.165) is 36.1 Å². The number of hydrogen-bond donors (Lipinski definition) is 2. The number of rotatable bonds is 2. The highest BCUT2D eigenvalue weighted by Crippen LogP contribution is 2.53. The Bertz CT molecular complexity index is 795. The van der Waals surface area contributed by atoms with Gasteiger partial charge in [0, 0.05) is 24.0 Å². The van der Waals surface area contributed by atoms with Gasteiger partial charge in [-0.05, 0) is 23.8 Å². The molecule has 0 amide bonds. The van der Waals surface area contributed by atoms with Gasteiger partial charge in [-0.25, -0.2) is 0 Å². The van der Waals surface area contributed by atoms with Crippen molar-refractivity contribution in [3.05, 3.63) is 46.7 Å². The number of aromatic hydroxyl groups is 1. The Morgan fingerprint density at radius 1 is 1.29 bits per heavy atom. The Labute approximate surface area is 141 Å². The first-order valence-electron chi connectivity index (χ1n) is 8.26. The highest BCUT2D eigenvalue weighted by Gasteiger charge is 2.54. The number of allylic oxidation sites excluding steroid dienone is 2. The van der Waals surface area contributed by atoms with E-state index in [9.17, 15) is 9.90 Å². The standard InChI is InChI=1S/C19H21NO4/c1-20-7-6-19-10-16(24-3)14(21)9-12(19)13(20)8-11-4-5-15(23-2)18(22)17(11)19/h4-5,9-10,13,22H,6-8H2,1-3H3/p+1/t13-,19+/m0/s1. The van der Waals surface area contributed by atoms with Crippen LogP contribution >= 0.6 is 0 Å². The van der Waals surface area contributed by atoms with Gasteiger partial charge in [0.05, 0.1) is 33.2 Å². The van der Waals surface area contributed by atoms with Crippen molar-refractivity contribution in [3.8, 4) is 11.5 Å². The van der Waals surface area contributed by atoms with Gasteiger partial charge < -0.3 is 19.5 Å². The molecular weight excluding hydrogens is 306 g/mol. The van der Waals surface area contributed by atoms with Crippen LogP contribution in [0.3, 0.4) is 0 Å². The quantitative estimate of drug-likeness (QED) is 0.831. The van der Waals surface area contributed by atoms with Crippen molar-refractivity contribution in [1.29, 1.82) is 0 Å². The molecule has 1 unspecified atom stereocenters. The minimum absolute atomic E-state index is 0.0892. The summed E-state index contributed by atoms with van der Waals surface area (Å²) >= 11 is 0. The van der Waals surface area contributed by atoms with Crippen molar-refractivity contribution in [2.45, 2.75) is 24.3 Å². The number of ketones is 1. The second kappa shape index (κ2) is 5.11. The molecule has 2 bridgehead atoms. The number of quaternary nitrogens is 1. The summed E-state index contributed by atoms with van der Waals surface area (Å²) in [4.78, 5) is 13.8. The van der Waals surface area contributed by atoms with E-state index in [1.807, 2.05) is 18.2 Å². The first-order chi connectivity index (χ1) is 11.5. The van der Waals surface area contributed by atoms with Crippen LogP contribution < -0.4 is 9.64 Å². The molecule has 5 nitrogen and oxygen atoms in total. The first-order valence-corrected chi connectivity index (χ1v) is 8.26. The van der Waals surface area contributed by atoms with Gasteiger partial charge in [0.25, 0.3) is 0 Å². The van der Waals surface area contributed by atoms with E-state index in [4.69, 9.17) is 9.47 Å².